The van der Waals surface area contributed by atoms with Gasteiger partial charge in [0, 0.05) is 24.9 Å². The van der Waals surface area contributed by atoms with Gasteiger partial charge in [-0.25, -0.2) is 4.39 Å². The number of anilines is 1. The van der Waals surface area contributed by atoms with Crippen LogP contribution in [0.4, 0.5) is 10.1 Å². The number of ether oxygens (including phenoxy) is 1. The first-order valence-electron chi connectivity index (χ1n) is 10.3. The van der Waals surface area contributed by atoms with Crippen LogP contribution in [0.3, 0.4) is 0 Å². The number of hydrogen-bond donors (Lipinski definition) is 0. The van der Waals surface area contributed by atoms with Gasteiger partial charge in [-0.1, -0.05) is 30.0 Å². The van der Waals surface area contributed by atoms with Crippen LogP contribution >= 0.6 is 11.8 Å². The molecule has 3 aromatic rings. The predicted molar refractivity (Wildman–Crippen MR) is 120 cm³/mol. The second-order valence-electron chi connectivity index (χ2n) is 7.55. The number of hydrogen-bond acceptors (Lipinski definition) is 5. The van der Waals surface area contributed by atoms with Crippen LogP contribution in [0.15, 0.2) is 59.8 Å². The fraction of sp³-hybridized carbons (Fsp3) is 0.348. The minimum absolute atomic E-state index is 0.0220. The zero-order valence-electron chi connectivity index (χ0n) is 17.6. The minimum Gasteiger partial charge on any atom is -0.376 e. The van der Waals surface area contributed by atoms with E-state index < -0.39 is 0 Å². The molecule has 1 saturated heterocycles. The maximum absolute atomic E-state index is 13.4. The standard InChI is InChI=1S/C23H25FN4O2S/c1-16(22(29)27(2)19-7-4-3-5-8-19)31-23-26-25-21(17-10-12-18(24)13-11-17)28(23)15-20-9-6-14-30-20/h3-5,7-8,10-13,16,20H,6,9,14-15H2,1-2H3. The van der Waals surface area contributed by atoms with Crippen LogP contribution in [0.5, 0.6) is 0 Å². The Morgan fingerprint density at radius 1 is 1.23 bits per heavy atom. The van der Waals surface area contributed by atoms with Gasteiger partial charge in [-0.3, -0.25) is 9.36 Å². The smallest absolute Gasteiger partial charge is 0.240 e. The van der Waals surface area contributed by atoms with E-state index in [-0.39, 0.29) is 23.1 Å². The Labute approximate surface area is 185 Å². The summed E-state index contributed by atoms with van der Waals surface area (Å²) >= 11 is 1.37. The number of aromatic nitrogens is 3. The molecule has 4 rings (SSSR count). The van der Waals surface area contributed by atoms with E-state index in [1.165, 1.54) is 23.9 Å². The summed E-state index contributed by atoms with van der Waals surface area (Å²) in [5.74, 6) is 0.326. The second kappa shape index (κ2) is 9.62. The molecule has 2 unspecified atom stereocenters. The van der Waals surface area contributed by atoms with Gasteiger partial charge < -0.3 is 9.64 Å². The lowest BCUT2D eigenvalue weighted by Gasteiger charge is -2.21. The number of nitrogens with zero attached hydrogens (tertiary/aromatic N) is 4. The second-order valence-corrected chi connectivity index (χ2v) is 8.86. The largest absolute Gasteiger partial charge is 0.376 e. The molecule has 1 aromatic heterocycles. The molecule has 0 aliphatic carbocycles. The van der Waals surface area contributed by atoms with Crippen LogP contribution in [0.2, 0.25) is 0 Å². The minimum atomic E-state index is -0.362. The topological polar surface area (TPSA) is 60.2 Å². The monoisotopic (exact) mass is 440 g/mol. The molecular weight excluding hydrogens is 415 g/mol. The Hall–Kier alpha value is -2.71. The Kier molecular flexibility index (Phi) is 6.67. The summed E-state index contributed by atoms with van der Waals surface area (Å²) in [6.45, 7) is 3.21. The average Bonchev–Trinajstić information content (AvgIpc) is 3.45. The lowest BCUT2D eigenvalue weighted by molar-refractivity contribution is -0.117. The van der Waals surface area contributed by atoms with Gasteiger partial charge in [-0.15, -0.1) is 10.2 Å². The van der Waals surface area contributed by atoms with E-state index in [1.54, 1.807) is 24.1 Å². The number of amides is 1. The van der Waals surface area contributed by atoms with Crippen LogP contribution in [-0.4, -0.2) is 45.7 Å². The maximum atomic E-state index is 13.4. The van der Waals surface area contributed by atoms with Crippen LogP contribution < -0.4 is 4.90 Å². The molecule has 0 N–H and O–H groups in total. The van der Waals surface area contributed by atoms with E-state index >= 15 is 0 Å². The zero-order valence-corrected chi connectivity index (χ0v) is 18.4. The molecule has 1 aliphatic heterocycles. The molecule has 31 heavy (non-hydrogen) atoms. The van der Waals surface area contributed by atoms with Crippen LogP contribution in [-0.2, 0) is 16.1 Å². The molecule has 0 bridgehead atoms. The Morgan fingerprint density at radius 2 is 1.97 bits per heavy atom. The molecule has 0 saturated carbocycles. The van der Waals surface area contributed by atoms with Crippen molar-refractivity contribution in [2.45, 2.75) is 42.8 Å². The highest BCUT2D eigenvalue weighted by Gasteiger charge is 2.26. The average molecular weight is 441 g/mol. The highest BCUT2D eigenvalue weighted by atomic mass is 32.2. The van der Waals surface area contributed by atoms with E-state index in [0.29, 0.717) is 17.5 Å². The van der Waals surface area contributed by atoms with Crippen molar-refractivity contribution in [3.8, 4) is 11.4 Å². The number of carbonyl (C=O) groups excluding carboxylic acids is 1. The van der Waals surface area contributed by atoms with E-state index in [9.17, 15) is 9.18 Å². The lowest BCUT2D eigenvalue weighted by Crippen LogP contribution is -2.33. The third kappa shape index (κ3) is 4.97. The summed E-state index contributed by atoms with van der Waals surface area (Å²) in [6.07, 6.45) is 2.07. The molecule has 1 amide bonds. The number of benzene rings is 2. The Morgan fingerprint density at radius 3 is 2.65 bits per heavy atom. The zero-order chi connectivity index (χ0) is 21.8. The van der Waals surface area contributed by atoms with Crippen molar-refractivity contribution in [3.63, 3.8) is 0 Å². The number of thioether (sulfide) groups is 1. The molecule has 6 nitrogen and oxygen atoms in total. The summed E-state index contributed by atoms with van der Waals surface area (Å²) in [5, 5.41) is 9.02. The van der Waals surface area contributed by atoms with Crippen molar-refractivity contribution in [2.75, 3.05) is 18.6 Å². The molecule has 2 atom stereocenters. The molecule has 0 radical (unpaired) electrons. The molecule has 1 fully saturated rings. The molecule has 8 heteroatoms. The summed E-state index contributed by atoms with van der Waals surface area (Å²) in [4.78, 5) is 14.7. The fourth-order valence-corrected chi connectivity index (χ4v) is 4.56. The van der Waals surface area contributed by atoms with Gasteiger partial charge in [0.05, 0.1) is 17.9 Å². The van der Waals surface area contributed by atoms with Crippen LogP contribution in [0.1, 0.15) is 19.8 Å². The third-order valence-corrected chi connectivity index (χ3v) is 6.40. The van der Waals surface area contributed by atoms with E-state index in [4.69, 9.17) is 4.74 Å². The first-order chi connectivity index (χ1) is 15.0. The van der Waals surface area contributed by atoms with E-state index in [2.05, 4.69) is 10.2 Å². The van der Waals surface area contributed by atoms with Gasteiger partial charge in [0.25, 0.3) is 0 Å². The van der Waals surface area contributed by atoms with E-state index in [0.717, 1.165) is 30.7 Å². The van der Waals surface area contributed by atoms with Crippen molar-refractivity contribution in [1.82, 2.24) is 14.8 Å². The molecular formula is C23H25FN4O2S. The first kappa shape index (κ1) is 21.5. The van der Waals surface area contributed by atoms with Gasteiger partial charge >= 0.3 is 0 Å². The predicted octanol–water partition coefficient (Wildman–Crippen LogP) is 4.41. The molecule has 162 valence electrons. The molecule has 2 heterocycles. The van der Waals surface area contributed by atoms with Crippen molar-refractivity contribution in [3.05, 3.63) is 60.4 Å². The summed E-state index contributed by atoms with van der Waals surface area (Å²) in [7, 11) is 1.77. The summed E-state index contributed by atoms with van der Waals surface area (Å²) in [6, 6.07) is 15.8. The van der Waals surface area contributed by atoms with Crippen LogP contribution in [0, 0.1) is 5.82 Å². The molecule has 1 aliphatic rings. The third-order valence-electron chi connectivity index (χ3n) is 5.33. The number of para-hydroxylation sites is 1. The summed E-state index contributed by atoms with van der Waals surface area (Å²) in [5.41, 5.74) is 1.62. The van der Waals surface area contributed by atoms with Gasteiger partial charge in [0.15, 0.2) is 11.0 Å². The SMILES string of the molecule is CC(Sc1nnc(-c2ccc(F)cc2)n1CC1CCCO1)C(=O)N(C)c1ccccc1. The highest BCUT2D eigenvalue weighted by molar-refractivity contribution is 8.00. The molecule has 2 aromatic carbocycles. The number of rotatable bonds is 7. The van der Waals surface area contributed by atoms with Gasteiger partial charge in [-0.05, 0) is 56.2 Å². The van der Waals surface area contributed by atoms with Gasteiger partial charge in [0.1, 0.15) is 5.82 Å². The fourth-order valence-electron chi connectivity index (χ4n) is 3.61. The Balaban J connectivity index is 1.58. The molecule has 0 spiro atoms. The number of carbonyl (C=O) groups is 1. The summed E-state index contributed by atoms with van der Waals surface area (Å²) < 4.78 is 21.2. The lowest BCUT2D eigenvalue weighted by atomic mass is 10.2. The Bertz CT molecular complexity index is 1020. The highest BCUT2D eigenvalue weighted by Crippen LogP contribution is 2.30. The number of halogens is 1. The van der Waals surface area contributed by atoms with Crippen LogP contribution in [0.25, 0.3) is 11.4 Å². The van der Waals surface area contributed by atoms with Crippen molar-refractivity contribution in [2.24, 2.45) is 0 Å². The first-order valence-corrected chi connectivity index (χ1v) is 11.2. The van der Waals surface area contributed by atoms with Crippen molar-refractivity contribution >= 4 is 23.4 Å². The maximum Gasteiger partial charge on any atom is 0.240 e. The van der Waals surface area contributed by atoms with Crippen molar-refractivity contribution < 1.29 is 13.9 Å². The normalized spacial score (nSPS) is 16.9. The quantitative estimate of drug-likeness (QED) is 0.510. The van der Waals surface area contributed by atoms with E-state index in [1.807, 2.05) is 41.8 Å². The van der Waals surface area contributed by atoms with Gasteiger partial charge in [-0.2, -0.15) is 0 Å². The van der Waals surface area contributed by atoms with Gasteiger partial charge in [0.2, 0.25) is 5.91 Å². The van der Waals surface area contributed by atoms with Crippen molar-refractivity contribution in [1.29, 1.82) is 0 Å².